The van der Waals surface area contributed by atoms with Crippen LogP contribution in [0.4, 0.5) is 0 Å². The molecule has 0 saturated carbocycles. The topological polar surface area (TPSA) is 86.3 Å². The summed E-state index contributed by atoms with van der Waals surface area (Å²) in [4.78, 5) is 14.7. The summed E-state index contributed by atoms with van der Waals surface area (Å²) in [5.41, 5.74) is 1.93. The van der Waals surface area contributed by atoms with Gasteiger partial charge in [-0.15, -0.1) is 10.2 Å². The monoisotopic (exact) mass is 411 g/mol. The summed E-state index contributed by atoms with van der Waals surface area (Å²) in [7, 11) is 1.62. The number of hydrogen-bond donors (Lipinski definition) is 1. The number of benzene rings is 2. The smallest absolute Gasteiger partial charge is 0.233 e. The Balaban J connectivity index is 1.66. The molecule has 0 bridgehead atoms. The van der Waals surface area contributed by atoms with E-state index in [1.807, 2.05) is 73.3 Å². The predicted octanol–water partition coefficient (Wildman–Crippen LogP) is 3.20. The van der Waals surface area contributed by atoms with Gasteiger partial charge in [-0.2, -0.15) is 0 Å². The number of carbonyl (C=O) groups excluding carboxylic acids is 1. The first-order valence-corrected chi connectivity index (χ1v) is 10.3. The molecular weight excluding hydrogens is 386 g/mol. The Labute approximate surface area is 174 Å². The molecule has 0 radical (unpaired) electrons. The van der Waals surface area contributed by atoms with Gasteiger partial charge in [0, 0.05) is 18.2 Å². The molecule has 152 valence electrons. The number of methoxy groups -OCH3 is 1. The largest absolute Gasteiger partial charge is 0.497 e. The molecule has 1 aromatic heterocycles. The number of carbonyl (C=O) groups is 1. The number of aromatic nitrogens is 3. The third-order valence-corrected chi connectivity index (χ3v) is 5.40. The van der Waals surface area contributed by atoms with Crippen LogP contribution in [0.3, 0.4) is 0 Å². The van der Waals surface area contributed by atoms with Crippen LogP contribution in [0, 0.1) is 0 Å². The van der Waals surface area contributed by atoms with Crippen LogP contribution in [0.1, 0.15) is 19.4 Å². The Morgan fingerprint density at radius 1 is 1.14 bits per heavy atom. The van der Waals surface area contributed by atoms with Crippen molar-refractivity contribution in [2.75, 3.05) is 18.7 Å². The van der Waals surface area contributed by atoms with Crippen LogP contribution in [0.25, 0.3) is 11.4 Å². The summed E-state index contributed by atoms with van der Waals surface area (Å²) < 4.78 is 6.58. The molecular formula is C21H25N5O2S. The summed E-state index contributed by atoms with van der Waals surface area (Å²) in [6.45, 7) is 4.60. The highest BCUT2D eigenvalue weighted by molar-refractivity contribution is 7.99. The fourth-order valence-corrected chi connectivity index (χ4v) is 3.60. The van der Waals surface area contributed by atoms with Crippen molar-refractivity contribution in [2.24, 2.45) is 0 Å². The van der Waals surface area contributed by atoms with E-state index < -0.39 is 0 Å². The third kappa shape index (κ3) is 5.08. The number of amides is 1. The fraction of sp³-hybridized carbons (Fsp3) is 0.286. The highest BCUT2D eigenvalue weighted by Gasteiger charge is 2.20. The lowest BCUT2D eigenvalue weighted by atomic mass is 10.2. The van der Waals surface area contributed by atoms with Crippen LogP contribution in [0.5, 0.6) is 5.75 Å². The Hall–Kier alpha value is -3.00. The molecule has 2 aromatic carbocycles. The van der Waals surface area contributed by atoms with Gasteiger partial charge in [0.1, 0.15) is 5.75 Å². The van der Waals surface area contributed by atoms with Crippen molar-refractivity contribution in [1.82, 2.24) is 19.8 Å². The second-order valence-corrected chi connectivity index (χ2v) is 7.74. The number of hydrogen-bond acceptors (Lipinski definition) is 6. The maximum Gasteiger partial charge on any atom is 0.233 e. The molecule has 3 rings (SSSR count). The molecule has 0 spiro atoms. The Morgan fingerprint density at radius 2 is 1.83 bits per heavy atom. The van der Waals surface area contributed by atoms with Gasteiger partial charge in [-0.25, -0.2) is 4.68 Å². The molecule has 0 aliphatic heterocycles. The van der Waals surface area contributed by atoms with Gasteiger partial charge in [-0.3, -0.25) is 4.79 Å². The molecule has 0 saturated heterocycles. The van der Waals surface area contributed by atoms with Gasteiger partial charge in [0.05, 0.1) is 12.9 Å². The van der Waals surface area contributed by atoms with Crippen molar-refractivity contribution >= 4 is 17.7 Å². The molecule has 0 unspecified atom stereocenters. The van der Waals surface area contributed by atoms with Gasteiger partial charge in [0.25, 0.3) is 0 Å². The lowest BCUT2D eigenvalue weighted by molar-refractivity contribution is -0.130. The van der Waals surface area contributed by atoms with E-state index in [-0.39, 0.29) is 17.7 Å². The van der Waals surface area contributed by atoms with Crippen LogP contribution in [-0.2, 0) is 11.3 Å². The van der Waals surface area contributed by atoms with Crippen molar-refractivity contribution in [3.8, 4) is 17.1 Å². The first-order chi connectivity index (χ1) is 14.0. The van der Waals surface area contributed by atoms with Crippen LogP contribution in [-0.4, -0.2) is 44.6 Å². The number of ether oxygens (including phenoxy) is 1. The minimum atomic E-state index is 0.0304. The van der Waals surface area contributed by atoms with Gasteiger partial charge in [0.2, 0.25) is 11.1 Å². The lowest BCUT2D eigenvalue weighted by Crippen LogP contribution is -2.37. The van der Waals surface area contributed by atoms with Crippen molar-refractivity contribution in [3.63, 3.8) is 0 Å². The van der Waals surface area contributed by atoms with Crippen molar-refractivity contribution in [1.29, 1.82) is 0 Å². The zero-order valence-electron chi connectivity index (χ0n) is 16.8. The molecule has 0 aliphatic rings. The lowest BCUT2D eigenvalue weighted by Gasteiger charge is -2.26. The highest BCUT2D eigenvalue weighted by atomic mass is 32.2. The van der Waals surface area contributed by atoms with E-state index >= 15 is 0 Å². The van der Waals surface area contributed by atoms with Gasteiger partial charge < -0.3 is 15.5 Å². The molecule has 1 amide bonds. The van der Waals surface area contributed by atoms with Crippen molar-refractivity contribution < 1.29 is 9.53 Å². The maximum atomic E-state index is 12.8. The van der Waals surface area contributed by atoms with Crippen LogP contribution < -0.4 is 10.6 Å². The fourth-order valence-electron chi connectivity index (χ4n) is 2.86. The van der Waals surface area contributed by atoms with Crippen LogP contribution in [0.15, 0.2) is 59.8 Å². The second kappa shape index (κ2) is 9.47. The molecule has 3 aromatic rings. The van der Waals surface area contributed by atoms with Crippen molar-refractivity contribution in [3.05, 3.63) is 60.2 Å². The molecule has 0 atom stereocenters. The number of rotatable bonds is 8. The Kier molecular flexibility index (Phi) is 6.77. The summed E-state index contributed by atoms with van der Waals surface area (Å²) in [6.07, 6.45) is 0. The molecule has 29 heavy (non-hydrogen) atoms. The number of nitrogen functional groups attached to an aromatic ring is 1. The molecule has 2 N–H and O–H groups in total. The van der Waals surface area contributed by atoms with Gasteiger partial charge >= 0.3 is 0 Å². The Morgan fingerprint density at radius 3 is 2.45 bits per heavy atom. The number of thioether (sulfide) groups is 1. The summed E-state index contributed by atoms with van der Waals surface area (Å²) in [5.74, 6) is 7.72. The molecule has 8 heteroatoms. The summed E-state index contributed by atoms with van der Waals surface area (Å²) in [6, 6.07) is 17.5. The molecule has 0 aliphatic carbocycles. The van der Waals surface area contributed by atoms with Crippen molar-refractivity contribution in [2.45, 2.75) is 31.6 Å². The first-order valence-electron chi connectivity index (χ1n) is 9.30. The molecule has 0 fully saturated rings. The molecule has 1 heterocycles. The second-order valence-electron chi connectivity index (χ2n) is 6.79. The summed E-state index contributed by atoms with van der Waals surface area (Å²) in [5, 5.41) is 8.81. The zero-order valence-corrected chi connectivity index (χ0v) is 17.6. The molecule has 7 nitrogen and oxygen atoms in total. The minimum absolute atomic E-state index is 0.0304. The minimum Gasteiger partial charge on any atom is -0.497 e. The normalized spacial score (nSPS) is 10.9. The number of nitrogens with two attached hydrogens (primary N) is 1. The maximum absolute atomic E-state index is 12.8. The standard InChI is InChI=1S/C21H25N5O2S/c1-15(2)25(13-16-7-5-4-6-8-16)19(27)14-29-21-24-23-20(26(21)22)17-9-11-18(28-3)12-10-17/h4-12,15H,13-14,22H2,1-3H3. The number of nitrogens with zero attached hydrogens (tertiary/aromatic N) is 4. The van der Waals surface area contributed by atoms with Gasteiger partial charge in [-0.05, 0) is 43.7 Å². The van der Waals surface area contributed by atoms with Crippen LogP contribution in [0.2, 0.25) is 0 Å². The van der Waals surface area contributed by atoms with E-state index in [9.17, 15) is 4.79 Å². The van der Waals surface area contributed by atoms with E-state index in [1.165, 1.54) is 16.4 Å². The van der Waals surface area contributed by atoms with Gasteiger partial charge in [-0.1, -0.05) is 42.1 Å². The van der Waals surface area contributed by atoms with Crippen LogP contribution >= 0.6 is 11.8 Å². The van der Waals surface area contributed by atoms with E-state index in [2.05, 4.69) is 10.2 Å². The van der Waals surface area contributed by atoms with E-state index in [0.717, 1.165) is 16.9 Å². The Bertz CT molecular complexity index is 941. The first kappa shape index (κ1) is 20.7. The third-order valence-electron chi connectivity index (χ3n) is 4.48. The van der Waals surface area contributed by atoms with E-state index in [1.54, 1.807) is 7.11 Å². The van der Waals surface area contributed by atoms with E-state index in [0.29, 0.717) is 17.5 Å². The zero-order chi connectivity index (χ0) is 20.8. The average molecular weight is 412 g/mol. The average Bonchev–Trinajstić information content (AvgIpc) is 3.11. The summed E-state index contributed by atoms with van der Waals surface area (Å²) >= 11 is 1.28. The van der Waals surface area contributed by atoms with Gasteiger partial charge in [0.15, 0.2) is 5.82 Å². The SMILES string of the molecule is COc1ccc(-c2nnc(SCC(=O)N(Cc3ccccc3)C(C)C)n2N)cc1. The van der Waals surface area contributed by atoms with E-state index in [4.69, 9.17) is 10.6 Å². The predicted molar refractivity (Wildman–Crippen MR) is 115 cm³/mol. The quantitative estimate of drug-likeness (QED) is 0.452. The highest BCUT2D eigenvalue weighted by Crippen LogP contribution is 2.24.